The quantitative estimate of drug-likeness (QED) is 0.730. The monoisotopic (exact) mass is 237 g/mol. The number of unbranched alkanes of at least 4 members (excludes halogenated alkanes) is 1. The van der Waals surface area contributed by atoms with E-state index in [0.717, 1.165) is 12.2 Å². The summed E-state index contributed by atoms with van der Waals surface area (Å²) in [6.07, 6.45) is 3.67. The van der Waals surface area contributed by atoms with Crippen LogP contribution in [0.3, 0.4) is 0 Å². The Morgan fingerprint density at radius 1 is 1.19 bits per heavy atom. The van der Waals surface area contributed by atoms with Gasteiger partial charge in [0.1, 0.15) is 0 Å². The van der Waals surface area contributed by atoms with Gasteiger partial charge in [0.2, 0.25) is 0 Å². The Labute approximate surface area is 104 Å². The first kappa shape index (κ1) is 13.6. The molecule has 0 spiro atoms. The molecule has 0 aliphatic rings. The largest absolute Gasteiger partial charge is 0.323 e. The van der Waals surface area contributed by atoms with Gasteiger partial charge in [0.25, 0.3) is 0 Å². The minimum Gasteiger partial charge on any atom is -0.323 e. The zero-order valence-corrected chi connectivity index (χ0v) is 11.2. The predicted molar refractivity (Wildman–Crippen MR) is 75.0 cm³/mol. The van der Waals surface area contributed by atoms with Crippen molar-refractivity contribution in [1.29, 1.82) is 0 Å². The molecule has 2 N–H and O–H groups in total. The smallest absolute Gasteiger partial charge is 0.0386 e. The van der Waals surface area contributed by atoms with Crippen LogP contribution in [0, 0.1) is 0 Å². The summed E-state index contributed by atoms with van der Waals surface area (Å²) in [4.78, 5) is 0. The fourth-order valence-electron chi connectivity index (χ4n) is 1.55. The summed E-state index contributed by atoms with van der Waals surface area (Å²) in [5, 5.41) is 0. The van der Waals surface area contributed by atoms with Crippen molar-refractivity contribution in [2.45, 2.75) is 39.2 Å². The lowest BCUT2D eigenvalue weighted by atomic mass is 10.1. The van der Waals surface area contributed by atoms with Crippen molar-refractivity contribution >= 4 is 11.8 Å². The Balaban J connectivity index is 2.37. The molecule has 1 atom stereocenters. The molecule has 0 fully saturated rings. The van der Waals surface area contributed by atoms with Crippen LogP contribution < -0.4 is 5.73 Å². The normalized spacial score (nSPS) is 12.7. The molecule has 0 aliphatic carbocycles. The summed E-state index contributed by atoms with van der Waals surface area (Å²) in [7, 11) is 0. The van der Waals surface area contributed by atoms with Crippen LogP contribution in [-0.2, 0) is 6.42 Å². The molecule has 2 heteroatoms. The van der Waals surface area contributed by atoms with Gasteiger partial charge in [0.15, 0.2) is 0 Å². The minimum absolute atomic E-state index is 0.188. The Kier molecular flexibility index (Phi) is 6.58. The highest BCUT2D eigenvalue weighted by Crippen LogP contribution is 2.17. The number of aryl methyl sites for hydroxylation is 1. The molecule has 0 bridgehead atoms. The second kappa shape index (κ2) is 7.75. The lowest BCUT2D eigenvalue weighted by Gasteiger charge is -2.12. The number of rotatable bonds is 7. The third-order valence-electron chi connectivity index (χ3n) is 2.76. The predicted octanol–water partition coefficient (Wildman–Crippen LogP) is 3.78. The zero-order chi connectivity index (χ0) is 11.8. The van der Waals surface area contributed by atoms with Crippen LogP contribution in [0.5, 0.6) is 0 Å². The van der Waals surface area contributed by atoms with Gasteiger partial charge in [0, 0.05) is 11.8 Å². The summed E-state index contributed by atoms with van der Waals surface area (Å²) in [5.74, 6) is 2.27. The maximum Gasteiger partial charge on any atom is 0.0386 e. The molecule has 0 saturated carbocycles. The first-order chi connectivity index (χ1) is 7.77. The maximum atomic E-state index is 6.15. The molecule has 0 radical (unpaired) electrons. The Morgan fingerprint density at radius 2 is 1.88 bits per heavy atom. The van der Waals surface area contributed by atoms with E-state index in [-0.39, 0.29) is 6.04 Å². The average Bonchev–Trinajstić information content (AvgIpc) is 2.34. The second-order valence-electron chi connectivity index (χ2n) is 4.13. The summed E-state index contributed by atoms with van der Waals surface area (Å²) < 4.78 is 0. The van der Waals surface area contributed by atoms with Crippen LogP contribution in [0.1, 0.15) is 43.9 Å². The number of hydrogen-bond donors (Lipinski definition) is 1. The average molecular weight is 237 g/mol. The number of hydrogen-bond acceptors (Lipinski definition) is 2. The first-order valence-corrected chi connectivity index (χ1v) is 7.35. The van der Waals surface area contributed by atoms with Gasteiger partial charge >= 0.3 is 0 Å². The van der Waals surface area contributed by atoms with E-state index in [1.165, 1.54) is 29.7 Å². The van der Waals surface area contributed by atoms with E-state index >= 15 is 0 Å². The lowest BCUT2D eigenvalue weighted by molar-refractivity contribution is 0.826. The molecule has 1 rings (SSSR count). The summed E-state index contributed by atoms with van der Waals surface area (Å²) in [5.41, 5.74) is 8.80. The molecular formula is C14H23NS. The van der Waals surface area contributed by atoms with Gasteiger partial charge < -0.3 is 5.73 Å². The summed E-state index contributed by atoms with van der Waals surface area (Å²) in [6.45, 7) is 4.40. The van der Waals surface area contributed by atoms with E-state index in [9.17, 15) is 0 Å². The highest BCUT2D eigenvalue weighted by molar-refractivity contribution is 7.99. The summed E-state index contributed by atoms with van der Waals surface area (Å²) >= 11 is 1.97. The van der Waals surface area contributed by atoms with Crippen LogP contribution >= 0.6 is 11.8 Å². The third kappa shape index (κ3) is 4.58. The number of benzene rings is 1. The molecular weight excluding hydrogens is 214 g/mol. The van der Waals surface area contributed by atoms with Crippen molar-refractivity contribution in [1.82, 2.24) is 0 Å². The highest BCUT2D eigenvalue weighted by atomic mass is 32.2. The van der Waals surface area contributed by atoms with E-state index < -0.39 is 0 Å². The van der Waals surface area contributed by atoms with Crippen molar-refractivity contribution < 1.29 is 0 Å². The maximum absolute atomic E-state index is 6.15. The Hall–Kier alpha value is -0.470. The fraction of sp³-hybridized carbons (Fsp3) is 0.571. The molecule has 1 nitrogen and oxygen atoms in total. The standard InChI is InChI=1S/C14H23NS/c1-3-5-10-16-11-14(15)13-8-6-12(4-2)7-9-13/h6-9,14H,3-5,10-11,15H2,1-2H3. The van der Waals surface area contributed by atoms with Crippen LogP contribution in [0.4, 0.5) is 0 Å². The van der Waals surface area contributed by atoms with E-state index in [4.69, 9.17) is 5.73 Å². The molecule has 1 aromatic rings. The molecule has 0 amide bonds. The van der Waals surface area contributed by atoms with Crippen LogP contribution in [0.2, 0.25) is 0 Å². The van der Waals surface area contributed by atoms with Crippen molar-refractivity contribution in [3.63, 3.8) is 0 Å². The highest BCUT2D eigenvalue weighted by Gasteiger charge is 2.05. The van der Waals surface area contributed by atoms with Gasteiger partial charge in [-0.2, -0.15) is 11.8 Å². The van der Waals surface area contributed by atoms with Crippen molar-refractivity contribution in [3.05, 3.63) is 35.4 Å². The van der Waals surface area contributed by atoms with Crippen molar-refractivity contribution in [3.8, 4) is 0 Å². The lowest BCUT2D eigenvalue weighted by Crippen LogP contribution is -2.13. The first-order valence-electron chi connectivity index (χ1n) is 6.20. The molecule has 0 saturated heterocycles. The molecule has 1 aromatic carbocycles. The molecule has 0 aromatic heterocycles. The van der Waals surface area contributed by atoms with E-state index in [2.05, 4.69) is 38.1 Å². The molecule has 16 heavy (non-hydrogen) atoms. The second-order valence-corrected chi connectivity index (χ2v) is 5.28. The van der Waals surface area contributed by atoms with E-state index in [1.54, 1.807) is 0 Å². The van der Waals surface area contributed by atoms with Crippen LogP contribution in [0.15, 0.2) is 24.3 Å². The topological polar surface area (TPSA) is 26.0 Å². The third-order valence-corrected chi connectivity index (χ3v) is 3.93. The van der Waals surface area contributed by atoms with Crippen molar-refractivity contribution in [2.75, 3.05) is 11.5 Å². The van der Waals surface area contributed by atoms with Gasteiger partial charge in [-0.15, -0.1) is 0 Å². The molecule has 1 unspecified atom stereocenters. The van der Waals surface area contributed by atoms with Crippen LogP contribution in [0.25, 0.3) is 0 Å². The zero-order valence-electron chi connectivity index (χ0n) is 10.4. The number of nitrogens with two attached hydrogens (primary N) is 1. The van der Waals surface area contributed by atoms with Gasteiger partial charge in [-0.1, -0.05) is 44.5 Å². The molecule has 0 aliphatic heterocycles. The van der Waals surface area contributed by atoms with Gasteiger partial charge in [-0.25, -0.2) is 0 Å². The summed E-state index contributed by atoms with van der Waals surface area (Å²) in [6, 6.07) is 8.90. The van der Waals surface area contributed by atoms with Crippen molar-refractivity contribution in [2.24, 2.45) is 5.73 Å². The minimum atomic E-state index is 0.188. The molecule has 90 valence electrons. The van der Waals surface area contributed by atoms with Gasteiger partial charge in [0.05, 0.1) is 0 Å². The van der Waals surface area contributed by atoms with Gasteiger partial charge in [-0.3, -0.25) is 0 Å². The SMILES string of the molecule is CCCCSCC(N)c1ccc(CC)cc1. The van der Waals surface area contributed by atoms with Gasteiger partial charge in [-0.05, 0) is 29.7 Å². The Morgan fingerprint density at radius 3 is 2.44 bits per heavy atom. The van der Waals surface area contributed by atoms with Crippen LogP contribution in [-0.4, -0.2) is 11.5 Å². The Bertz CT molecular complexity index is 281. The molecule has 0 heterocycles. The van der Waals surface area contributed by atoms with E-state index in [0.29, 0.717) is 0 Å². The number of thioether (sulfide) groups is 1. The fourth-order valence-corrected chi connectivity index (χ4v) is 2.66. The van der Waals surface area contributed by atoms with E-state index in [1.807, 2.05) is 11.8 Å².